The molecule has 0 amide bonds. The quantitative estimate of drug-likeness (QED) is 0.879. The van der Waals surface area contributed by atoms with E-state index < -0.39 is 10.0 Å². The summed E-state index contributed by atoms with van der Waals surface area (Å²) in [5.41, 5.74) is 1.23. The number of nitrogens with one attached hydrogen (secondary N) is 2. The summed E-state index contributed by atoms with van der Waals surface area (Å²) in [7, 11) is -0.240. The van der Waals surface area contributed by atoms with E-state index in [2.05, 4.69) is 15.1 Å². The van der Waals surface area contributed by atoms with Gasteiger partial charge >= 0.3 is 0 Å². The molecule has 0 atom stereocenters. The van der Waals surface area contributed by atoms with Crippen molar-refractivity contribution < 1.29 is 8.42 Å². The lowest BCUT2D eigenvalue weighted by Gasteiger charge is -2.09. The highest BCUT2D eigenvalue weighted by atomic mass is 35.5. The summed E-state index contributed by atoms with van der Waals surface area (Å²) in [4.78, 5) is 0.0516. The van der Waals surface area contributed by atoms with Gasteiger partial charge in [0.05, 0.1) is 16.9 Å². The summed E-state index contributed by atoms with van der Waals surface area (Å²) < 4.78 is 28.6. The first-order chi connectivity index (χ1) is 9.42. The first kappa shape index (κ1) is 14.8. The average Bonchev–Trinajstić information content (AvgIpc) is 2.76. The third-order valence-electron chi connectivity index (χ3n) is 2.62. The Balaban J connectivity index is 2.35. The second kappa shape index (κ2) is 5.82. The number of benzene rings is 1. The molecule has 0 saturated carbocycles. The Labute approximate surface area is 122 Å². The van der Waals surface area contributed by atoms with Crippen LogP contribution in [0.4, 0.5) is 5.69 Å². The van der Waals surface area contributed by atoms with E-state index in [1.165, 1.54) is 10.9 Å². The molecular formula is C12H15ClN4O2S. The van der Waals surface area contributed by atoms with Gasteiger partial charge in [-0.05, 0) is 24.7 Å². The predicted octanol–water partition coefficient (Wildman–Crippen LogP) is 1.59. The van der Waals surface area contributed by atoms with Crippen LogP contribution in [0.5, 0.6) is 0 Å². The highest BCUT2D eigenvalue weighted by Crippen LogP contribution is 2.24. The molecule has 1 aromatic heterocycles. The van der Waals surface area contributed by atoms with Crippen LogP contribution in [-0.4, -0.2) is 25.2 Å². The van der Waals surface area contributed by atoms with Crippen molar-refractivity contribution in [2.24, 2.45) is 7.05 Å². The van der Waals surface area contributed by atoms with Crippen molar-refractivity contribution in [2.45, 2.75) is 11.4 Å². The summed E-state index contributed by atoms with van der Waals surface area (Å²) in [5, 5.41) is 7.06. The van der Waals surface area contributed by atoms with Gasteiger partial charge in [0, 0.05) is 19.8 Å². The zero-order valence-electron chi connectivity index (χ0n) is 11.1. The smallest absolute Gasteiger partial charge is 0.263 e. The van der Waals surface area contributed by atoms with Crippen LogP contribution in [0.3, 0.4) is 0 Å². The Hall–Kier alpha value is -1.57. The van der Waals surface area contributed by atoms with E-state index in [9.17, 15) is 8.42 Å². The number of sulfonamides is 1. The number of hydrogen-bond donors (Lipinski definition) is 2. The van der Waals surface area contributed by atoms with E-state index in [-0.39, 0.29) is 9.92 Å². The molecule has 108 valence electrons. The minimum atomic E-state index is -3.73. The van der Waals surface area contributed by atoms with E-state index in [0.717, 1.165) is 5.56 Å². The molecule has 0 bridgehead atoms. The van der Waals surface area contributed by atoms with Crippen molar-refractivity contribution in [3.05, 3.63) is 41.2 Å². The molecule has 0 saturated heterocycles. The SMILES string of the molecule is CNCc1ccc(Cl)c(S(=O)(=O)Nc2cnn(C)c2)c1. The molecule has 1 aromatic carbocycles. The summed E-state index contributed by atoms with van der Waals surface area (Å²) >= 11 is 5.99. The molecule has 1 heterocycles. The maximum atomic E-state index is 12.3. The molecule has 0 aliphatic carbocycles. The molecule has 0 fully saturated rings. The van der Waals surface area contributed by atoms with Crippen LogP contribution in [0.25, 0.3) is 0 Å². The van der Waals surface area contributed by atoms with E-state index in [1.807, 2.05) is 0 Å². The highest BCUT2D eigenvalue weighted by molar-refractivity contribution is 7.92. The molecule has 6 nitrogen and oxygen atoms in total. The molecule has 0 radical (unpaired) electrons. The van der Waals surface area contributed by atoms with Gasteiger partial charge in [-0.1, -0.05) is 17.7 Å². The number of aromatic nitrogens is 2. The van der Waals surface area contributed by atoms with Gasteiger partial charge in [0.1, 0.15) is 4.90 Å². The molecular weight excluding hydrogens is 300 g/mol. The van der Waals surface area contributed by atoms with Gasteiger partial charge in [0.15, 0.2) is 0 Å². The molecule has 0 spiro atoms. The van der Waals surface area contributed by atoms with Crippen LogP contribution in [0.15, 0.2) is 35.5 Å². The van der Waals surface area contributed by atoms with Gasteiger partial charge in [-0.3, -0.25) is 9.40 Å². The second-order valence-electron chi connectivity index (χ2n) is 4.30. The van der Waals surface area contributed by atoms with Gasteiger partial charge < -0.3 is 5.32 Å². The standard InChI is InChI=1S/C12H15ClN4O2S/c1-14-6-9-3-4-11(13)12(5-9)20(18,19)16-10-7-15-17(2)8-10/h3-5,7-8,14,16H,6H2,1-2H3. The minimum absolute atomic E-state index is 0.0516. The zero-order valence-corrected chi connectivity index (χ0v) is 12.7. The van der Waals surface area contributed by atoms with Crippen LogP contribution >= 0.6 is 11.6 Å². The van der Waals surface area contributed by atoms with Crippen molar-refractivity contribution in [3.63, 3.8) is 0 Å². The topological polar surface area (TPSA) is 76.0 Å². The van der Waals surface area contributed by atoms with Gasteiger partial charge in [0.2, 0.25) is 0 Å². The molecule has 0 aliphatic rings. The monoisotopic (exact) mass is 314 g/mol. The van der Waals surface area contributed by atoms with Crippen LogP contribution in [0.1, 0.15) is 5.56 Å². The van der Waals surface area contributed by atoms with E-state index in [0.29, 0.717) is 12.2 Å². The minimum Gasteiger partial charge on any atom is -0.316 e. The van der Waals surface area contributed by atoms with Crippen molar-refractivity contribution >= 4 is 27.3 Å². The molecule has 0 unspecified atom stereocenters. The molecule has 20 heavy (non-hydrogen) atoms. The van der Waals surface area contributed by atoms with Gasteiger partial charge in [-0.15, -0.1) is 0 Å². The fourth-order valence-corrected chi connectivity index (χ4v) is 3.33. The van der Waals surface area contributed by atoms with Gasteiger partial charge in [0.25, 0.3) is 10.0 Å². The van der Waals surface area contributed by atoms with Gasteiger partial charge in [-0.25, -0.2) is 8.42 Å². The largest absolute Gasteiger partial charge is 0.316 e. The fourth-order valence-electron chi connectivity index (χ4n) is 1.75. The Morgan fingerprint density at radius 1 is 1.40 bits per heavy atom. The number of hydrogen-bond acceptors (Lipinski definition) is 4. The first-order valence-electron chi connectivity index (χ1n) is 5.87. The maximum Gasteiger partial charge on any atom is 0.263 e. The van der Waals surface area contributed by atoms with Crippen molar-refractivity contribution in [3.8, 4) is 0 Å². The number of nitrogens with zero attached hydrogens (tertiary/aromatic N) is 2. The van der Waals surface area contributed by atoms with Gasteiger partial charge in [-0.2, -0.15) is 5.10 Å². The average molecular weight is 315 g/mol. The summed E-state index contributed by atoms with van der Waals surface area (Å²) in [6, 6.07) is 4.91. The Morgan fingerprint density at radius 2 is 2.15 bits per heavy atom. The summed E-state index contributed by atoms with van der Waals surface area (Å²) in [6.45, 7) is 0.562. The normalized spacial score (nSPS) is 11.6. The van der Waals surface area contributed by atoms with E-state index in [1.54, 1.807) is 38.5 Å². The second-order valence-corrected chi connectivity index (χ2v) is 6.36. The highest BCUT2D eigenvalue weighted by Gasteiger charge is 2.19. The van der Waals surface area contributed by atoms with Crippen LogP contribution in [0, 0.1) is 0 Å². The van der Waals surface area contributed by atoms with Crippen molar-refractivity contribution in [1.82, 2.24) is 15.1 Å². The zero-order chi connectivity index (χ0) is 14.8. The van der Waals surface area contributed by atoms with Crippen LogP contribution in [0.2, 0.25) is 5.02 Å². The molecule has 2 N–H and O–H groups in total. The number of halogens is 1. The predicted molar refractivity (Wildman–Crippen MR) is 78.2 cm³/mol. The molecule has 2 rings (SSSR count). The lowest BCUT2D eigenvalue weighted by Crippen LogP contribution is -2.14. The van der Waals surface area contributed by atoms with Crippen molar-refractivity contribution in [1.29, 1.82) is 0 Å². The van der Waals surface area contributed by atoms with Crippen molar-refractivity contribution in [2.75, 3.05) is 11.8 Å². The third-order valence-corrected chi connectivity index (χ3v) is 4.49. The summed E-state index contributed by atoms with van der Waals surface area (Å²) in [5.74, 6) is 0. The maximum absolute atomic E-state index is 12.3. The Bertz CT molecular complexity index is 712. The molecule has 8 heteroatoms. The lowest BCUT2D eigenvalue weighted by atomic mass is 10.2. The Morgan fingerprint density at radius 3 is 2.75 bits per heavy atom. The van der Waals surface area contributed by atoms with E-state index >= 15 is 0 Å². The fraction of sp³-hybridized carbons (Fsp3) is 0.250. The number of anilines is 1. The van der Waals surface area contributed by atoms with Crippen LogP contribution in [-0.2, 0) is 23.6 Å². The lowest BCUT2D eigenvalue weighted by molar-refractivity contribution is 0.601. The van der Waals surface area contributed by atoms with E-state index in [4.69, 9.17) is 11.6 Å². The molecule has 2 aromatic rings. The van der Waals surface area contributed by atoms with Crippen LogP contribution < -0.4 is 10.0 Å². The molecule has 0 aliphatic heterocycles. The summed E-state index contributed by atoms with van der Waals surface area (Å²) in [6.07, 6.45) is 3.01. The number of aryl methyl sites for hydroxylation is 1. The Kier molecular flexibility index (Phi) is 4.32. The first-order valence-corrected chi connectivity index (χ1v) is 7.73. The third kappa shape index (κ3) is 3.30. The number of rotatable bonds is 5.